The smallest absolute Gasteiger partial charge is 0.249 e. The fraction of sp³-hybridized carbons (Fsp3) is 0.188. The number of fused-ring (bicyclic) bond motifs is 1. The number of aryl methyl sites for hydroxylation is 1. The highest BCUT2D eigenvalue weighted by Gasteiger charge is 2.26. The Morgan fingerprint density at radius 2 is 2.14 bits per heavy atom. The van der Waals surface area contributed by atoms with Crippen molar-refractivity contribution >= 4 is 5.69 Å². The maximum atomic E-state index is 5.41. The number of hydrogen-bond acceptors (Lipinski definition) is 5. The fourth-order valence-corrected chi connectivity index (χ4v) is 2.59. The van der Waals surface area contributed by atoms with Crippen LogP contribution in [0.15, 0.2) is 47.1 Å². The summed E-state index contributed by atoms with van der Waals surface area (Å²) in [6, 6.07) is 12.2. The summed E-state index contributed by atoms with van der Waals surface area (Å²) >= 11 is 0. The van der Waals surface area contributed by atoms with E-state index in [9.17, 15) is 0 Å². The van der Waals surface area contributed by atoms with Crippen LogP contribution in [0.4, 0.5) is 5.69 Å². The van der Waals surface area contributed by atoms with Crippen molar-refractivity contribution in [1.29, 1.82) is 0 Å². The molecule has 0 unspecified atom stereocenters. The Morgan fingerprint density at radius 3 is 3.00 bits per heavy atom. The van der Waals surface area contributed by atoms with Crippen LogP contribution in [0.1, 0.15) is 23.1 Å². The SMILES string of the molecule is Cc1ccnc(-c2noc([C@@H]3Cc4ccccc4N3)n2)c1. The lowest BCUT2D eigenvalue weighted by atomic mass is 10.1. The number of pyridine rings is 1. The zero-order chi connectivity index (χ0) is 14.2. The Bertz CT molecular complexity index is 771. The standard InChI is InChI=1S/C16H14N4O/c1-10-6-7-17-13(8-10)15-19-16(21-20-15)14-9-11-4-2-3-5-12(11)18-14/h2-8,14,18H,9H2,1H3/t14-/m0/s1. The normalized spacial score (nSPS) is 16.5. The molecule has 3 aromatic rings. The number of nitrogens with zero attached hydrogens (tertiary/aromatic N) is 3. The molecule has 2 aromatic heterocycles. The summed E-state index contributed by atoms with van der Waals surface area (Å²) < 4.78 is 5.41. The molecular formula is C16H14N4O. The van der Waals surface area contributed by atoms with Crippen LogP contribution in [0.5, 0.6) is 0 Å². The zero-order valence-electron chi connectivity index (χ0n) is 11.6. The predicted molar refractivity (Wildman–Crippen MR) is 78.8 cm³/mol. The molecule has 0 amide bonds. The maximum absolute atomic E-state index is 5.41. The molecule has 0 fully saturated rings. The number of benzene rings is 1. The van der Waals surface area contributed by atoms with Crippen LogP contribution in [0.25, 0.3) is 11.5 Å². The fourth-order valence-electron chi connectivity index (χ4n) is 2.59. The minimum absolute atomic E-state index is 0.0356. The number of anilines is 1. The van der Waals surface area contributed by atoms with Gasteiger partial charge in [-0.1, -0.05) is 23.4 Å². The number of para-hydroxylation sites is 1. The lowest BCUT2D eigenvalue weighted by Gasteiger charge is -2.04. The molecule has 3 heterocycles. The van der Waals surface area contributed by atoms with E-state index in [-0.39, 0.29) is 6.04 Å². The molecule has 0 aliphatic carbocycles. The van der Waals surface area contributed by atoms with E-state index >= 15 is 0 Å². The second-order valence-corrected chi connectivity index (χ2v) is 5.23. The number of aromatic nitrogens is 3. The second-order valence-electron chi connectivity index (χ2n) is 5.23. The van der Waals surface area contributed by atoms with Gasteiger partial charge in [-0.15, -0.1) is 0 Å². The summed E-state index contributed by atoms with van der Waals surface area (Å²) in [6.45, 7) is 2.02. The molecule has 1 N–H and O–H groups in total. The topological polar surface area (TPSA) is 63.8 Å². The summed E-state index contributed by atoms with van der Waals surface area (Å²) in [5, 5.41) is 7.46. The molecule has 1 aromatic carbocycles. The third kappa shape index (κ3) is 2.16. The Hall–Kier alpha value is -2.69. The van der Waals surface area contributed by atoms with Crippen LogP contribution < -0.4 is 5.32 Å². The Kier molecular flexibility index (Phi) is 2.70. The van der Waals surface area contributed by atoms with Crippen molar-refractivity contribution in [2.75, 3.05) is 5.32 Å². The molecule has 0 saturated carbocycles. The average molecular weight is 278 g/mol. The molecule has 1 atom stereocenters. The first-order valence-electron chi connectivity index (χ1n) is 6.91. The first-order chi connectivity index (χ1) is 10.3. The van der Waals surface area contributed by atoms with Crippen molar-refractivity contribution in [2.45, 2.75) is 19.4 Å². The van der Waals surface area contributed by atoms with Crippen molar-refractivity contribution in [3.8, 4) is 11.5 Å². The van der Waals surface area contributed by atoms with Gasteiger partial charge in [0.1, 0.15) is 11.7 Å². The van der Waals surface area contributed by atoms with Crippen LogP contribution in [-0.2, 0) is 6.42 Å². The summed E-state index contributed by atoms with van der Waals surface area (Å²) in [6.07, 6.45) is 2.61. The highest BCUT2D eigenvalue weighted by Crippen LogP contribution is 2.33. The highest BCUT2D eigenvalue weighted by molar-refractivity contribution is 5.57. The van der Waals surface area contributed by atoms with Gasteiger partial charge in [-0.2, -0.15) is 4.98 Å². The summed E-state index contributed by atoms with van der Waals surface area (Å²) in [5.74, 6) is 1.14. The van der Waals surface area contributed by atoms with E-state index in [4.69, 9.17) is 4.52 Å². The van der Waals surface area contributed by atoms with Crippen molar-refractivity contribution < 1.29 is 4.52 Å². The van der Waals surface area contributed by atoms with E-state index in [1.807, 2.05) is 31.2 Å². The molecule has 0 radical (unpaired) electrons. The van der Waals surface area contributed by atoms with E-state index in [2.05, 4.69) is 32.6 Å². The minimum atomic E-state index is 0.0356. The van der Waals surface area contributed by atoms with E-state index in [1.165, 1.54) is 5.56 Å². The number of nitrogens with one attached hydrogen (secondary N) is 1. The van der Waals surface area contributed by atoms with E-state index in [1.54, 1.807) is 6.20 Å². The third-order valence-corrected chi connectivity index (χ3v) is 3.66. The second kappa shape index (κ2) is 4.70. The van der Waals surface area contributed by atoms with Crippen LogP contribution in [0.3, 0.4) is 0 Å². The monoisotopic (exact) mass is 278 g/mol. The molecule has 4 rings (SSSR count). The van der Waals surface area contributed by atoms with Gasteiger partial charge in [-0.05, 0) is 36.2 Å². The van der Waals surface area contributed by atoms with Gasteiger partial charge in [0.05, 0.1) is 0 Å². The van der Waals surface area contributed by atoms with E-state index in [0.29, 0.717) is 11.7 Å². The lowest BCUT2D eigenvalue weighted by molar-refractivity contribution is 0.364. The van der Waals surface area contributed by atoms with E-state index in [0.717, 1.165) is 23.4 Å². The van der Waals surface area contributed by atoms with Crippen molar-refractivity contribution in [1.82, 2.24) is 15.1 Å². The quantitative estimate of drug-likeness (QED) is 0.780. The minimum Gasteiger partial charge on any atom is -0.373 e. The van der Waals surface area contributed by atoms with Gasteiger partial charge in [0.25, 0.3) is 0 Å². The van der Waals surface area contributed by atoms with Gasteiger partial charge in [0.2, 0.25) is 11.7 Å². The van der Waals surface area contributed by atoms with Crippen LogP contribution in [-0.4, -0.2) is 15.1 Å². The van der Waals surface area contributed by atoms with Crippen molar-refractivity contribution in [3.63, 3.8) is 0 Å². The van der Waals surface area contributed by atoms with Crippen LogP contribution in [0.2, 0.25) is 0 Å². The first-order valence-corrected chi connectivity index (χ1v) is 6.91. The predicted octanol–water partition coefficient (Wildman–Crippen LogP) is 3.15. The molecule has 0 spiro atoms. The molecule has 1 aliphatic heterocycles. The van der Waals surface area contributed by atoms with E-state index < -0.39 is 0 Å². The maximum Gasteiger partial charge on any atom is 0.249 e. The van der Waals surface area contributed by atoms with Crippen LogP contribution in [0, 0.1) is 6.92 Å². The summed E-state index contributed by atoms with van der Waals surface area (Å²) in [5.41, 5.74) is 4.27. The Morgan fingerprint density at radius 1 is 1.24 bits per heavy atom. The molecule has 0 bridgehead atoms. The van der Waals surface area contributed by atoms with Gasteiger partial charge in [-0.25, -0.2) is 0 Å². The molecular weight excluding hydrogens is 264 g/mol. The molecule has 1 aliphatic rings. The van der Waals surface area contributed by atoms with Crippen LogP contribution >= 0.6 is 0 Å². The average Bonchev–Trinajstić information content (AvgIpc) is 3.14. The van der Waals surface area contributed by atoms with Gasteiger partial charge in [-0.3, -0.25) is 4.98 Å². The zero-order valence-corrected chi connectivity index (χ0v) is 11.6. The Labute approximate surface area is 122 Å². The molecule has 21 heavy (non-hydrogen) atoms. The molecule has 0 saturated heterocycles. The number of hydrogen-bond donors (Lipinski definition) is 1. The summed E-state index contributed by atoms with van der Waals surface area (Å²) in [7, 11) is 0. The van der Waals surface area contributed by atoms with Gasteiger partial charge >= 0.3 is 0 Å². The highest BCUT2D eigenvalue weighted by atomic mass is 16.5. The third-order valence-electron chi connectivity index (χ3n) is 3.66. The largest absolute Gasteiger partial charge is 0.373 e. The first kappa shape index (κ1) is 12.1. The molecule has 104 valence electrons. The Balaban J connectivity index is 1.62. The lowest BCUT2D eigenvalue weighted by Crippen LogP contribution is -2.05. The molecule has 5 nitrogen and oxygen atoms in total. The van der Waals surface area contributed by atoms with Gasteiger partial charge in [0, 0.05) is 18.3 Å². The van der Waals surface area contributed by atoms with Crippen molar-refractivity contribution in [3.05, 3.63) is 59.6 Å². The van der Waals surface area contributed by atoms with Crippen molar-refractivity contribution in [2.24, 2.45) is 0 Å². The number of rotatable bonds is 2. The summed E-state index contributed by atoms with van der Waals surface area (Å²) in [4.78, 5) is 8.77. The van der Waals surface area contributed by atoms with Gasteiger partial charge < -0.3 is 9.84 Å². The van der Waals surface area contributed by atoms with Gasteiger partial charge in [0.15, 0.2) is 0 Å². The molecule has 5 heteroatoms.